The van der Waals surface area contributed by atoms with Gasteiger partial charge >= 0.3 is 0 Å². The maximum absolute atomic E-state index is 6.24. The number of fused-ring (bicyclic) bond motifs is 2. The van der Waals surface area contributed by atoms with Crippen LogP contribution in [0.25, 0.3) is 0 Å². The van der Waals surface area contributed by atoms with Crippen LogP contribution in [0.4, 0.5) is 0 Å². The van der Waals surface area contributed by atoms with E-state index in [0.717, 1.165) is 36.8 Å². The summed E-state index contributed by atoms with van der Waals surface area (Å²) in [5.41, 5.74) is 0.478. The van der Waals surface area contributed by atoms with Crippen LogP contribution in [0.5, 0.6) is 0 Å². The Hall–Kier alpha value is -0.0800. The van der Waals surface area contributed by atoms with Crippen LogP contribution in [-0.2, 0) is 4.74 Å². The van der Waals surface area contributed by atoms with E-state index in [1.807, 2.05) is 0 Å². The SMILES string of the molecule is CCNCC1(CC2CC3CCC2C3)CCOC1C1CC1. The van der Waals surface area contributed by atoms with Crippen molar-refractivity contribution < 1.29 is 4.74 Å². The predicted molar refractivity (Wildman–Crippen MR) is 81.6 cm³/mol. The molecule has 4 aliphatic rings. The van der Waals surface area contributed by atoms with Crippen LogP contribution in [0.2, 0.25) is 0 Å². The zero-order chi connectivity index (χ0) is 13.6. The highest BCUT2D eigenvalue weighted by Gasteiger charge is 2.53. The van der Waals surface area contributed by atoms with Gasteiger partial charge in [0.2, 0.25) is 0 Å². The lowest BCUT2D eigenvalue weighted by molar-refractivity contribution is 0.0140. The van der Waals surface area contributed by atoms with Crippen LogP contribution in [0.1, 0.15) is 58.3 Å². The highest BCUT2D eigenvalue weighted by molar-refractivity contribution is 5.03. The summed E-state index contributed by atoms with van der Waals surface area (Å²) in [6, 6.07) is 0. The average Bonchev–Trinajstić information content (AvgIpc) is 2.90. The third-order valence-corrected chi connectivity index (χ3v) is 6.83. The van der Waals surface area contributed by atoms with Crippen LogP contribution < -0.4 is 5.32 Å². The van der Waals surface area contributed by atoms with Gasteiger partial charge in [-0.3, -0.25) is 0 Å². The molecule has 2 bridgehead atoms. The smallest absolute Gasteiger partial charge is 0.0672 e. The maximum Gasteiger partial charge on any atom is 0.0672 e. The Morgan fingerprint density at radius 2 is 1.95 bits per heavy atom. The monoisotopic (exact) mass is 277 g/mol. The van der Waals surface area contributed by atoms with E-state index in [4.69, 9.17) is 4.74 Å². The first kappa shape index (κ1) is 13.6. The molecular weight excluding hydrogens is 246 g/mol. The summed E-state index contributed by atoms with van der Waals surface area (Å²) in [5, 5.41) is 3.68. The topological polar surface area (TPSA) is 21.3 Å². The fourth-order valence-corrected chi connectivity index (χ4v) is 5.75. The molecule has 20 heavy (non-hydrogen) atoms. The molecule has 0 aromatic rings. The maximum atomic E-state index is 6.24. The minimum Gasteiger partial charge on any atom is -0.377 e. The van der Waals surface area contributed by atoms with Crippen molar-refractivity contribution in [2.24, 2.45) is 29.1 Å². The van der Waals surface area contributed by atoms with Crippen LogP contribution in [0, 0.1) is 29.1 Å². The molecule has 2 nitrogen and oxygen atoms in total. The fraction of sp³-hybridized carbons (Fsp3) is 1.00. The van der Waals surface area contributed by atoms with Gasteiger partial charge in [-0.15, -0.1) is 0 Å². The number of hydrogen-bond acceptors (Lipinski definition) is 2. The summed E-state index contributed by atoms with van der Waals surface area (Å²) in [7, 11) is 0. The van der Waals surface area contributed by atoms with Crippen LogP contribution >= 0.6 is 0 Å². The van der Waals surface area contributed by atoms with Gasteiger partial charge in [0.05, 0.1) is 6.10 Å². The van der Waals surface area contributed by atoms with Gasteiger partial charge in [-0.05, 0) is 75.2 Å². The number of nitrogens with one attached hydrogen (secondary N) is 1. The second kappa shape index (κ2) is 5.28. The van der Waals surface area contributed by atoms with Crippen molar-refractivity contribution in [2.75, 3.05) is 19.7 Å². The highest BCUT2D eigenvalue weighted by Crippen LogP contribution is 2.56. The van der Waals surface area contributed by atoms with Crippen molar-refractivity contribution in [3.63, 3.8) is 0 Å². The zero-order valence-corrected chi connectivity index (χ0v) is 13.1. The van der Waals surface area contributed by atoms with Crippen molar-refractivity contribution >= 4 is 0 Å². The van der Waals surface area contributed by atoms with Crippen LogP contribution in [-0.4, -0.2) is 25.8 Å². The van der Waals surface area contributed by atoms with Crippen molar-refractivity contribution in [1.29, 1.82) is 0 Å². The molecular formula is C18H31NO. The first-order chi connectivity index (χ1) is 9.81. The van der Waals surface area contributed by atoms with E-state index in [-0.39, 0.29) is 0 Å². The van der Waals surface area contributed by atoms with E-state index in [2.05, 4.69) is 12.2 Å². The Balaban J connectivity index is 1.49. The van der Waals surface area contributed by atoms with Crippen LogP contribution in [0.15, 0.2) is 0 Å². The van der Waals surface area contributed by atoms with Gasteiger partial charge in [0.1, 0.15) is 0 Å². The third-order valence-electron chi connectivity index (χ3n) is 6.83. The molecule has 3 aliphatic carbocycles. The molecule has 1 heterocycles. The molecule has 114 valence electrons. The molecule has 3 saturated carbocycles. The minimum atomic E-state index is 0.478. The molecule has 0 aromatic heterocycles. The van der Waals surface area contributed by atoms with Gasteiger partial charge in [0.15, 0.2) is 0 Å². The highest BCUT2D eigenvalue weighted by atomic mass is 16.5. The van der Waals surface area contributed by atoms with E-state index < -0.39 is 0 Å². The summed E-state index contributed by atoms with van der Waals surface area (Å²) in [5.74, 6) is 4.08. The number of rotatable bonds is 6. The van der Waals surface area contributed by atoms with Crippen LogP contribution in [0.3, 0.4) is 0 Å². The molecule has 4 rings (SSSR count). The Morgan fingerprint density at radius 3 is 2.60 bits per heavy atom. The van der Waals surface area contributed by atoms with Crippen molar-refractivity contribution in [1.82, 2.24) is 5.32 Å². The first-order valence-corrected chi connectivity index (χ1v) is 9.13. The Labute approximate surface area is 124 Å². The van der Waals surface area contributed by atoms with E-state index >= 15 is 0 Å². The molecule has 2 heteroatoms. The normalized spacial score (nSPS) is 47.2. The van der Waals surface area contributed by atoms with E-state index in [1.165, 1.54) is 51.5 Å². The molecule has 0 aromatic carbocycles. The quantitative estimate of drug-likeness (QED) is 0.801. The van der Waals surface area contributed by atoms with Crippen molar-refractivity contribution in [2.45, 2.75) is 64.4 Å². The van der Waals surface area contributed by atoms with Gasteiger partial charge < -0.3 is 10.1 Å². The summed E-state index contributed by atoms with van der Waals surface area (Å²) in [4.78, 5) is 0. The molecule has 1 aliphatic heterocycles. The van der Waals surface area contributed by atoms with E-state index in [1.54, 1.807) is 6.42 Å². The Morgan fingerprint density at radius 1 is 1.10 bits per heavy atom. The molecule has 4 fully saturated rings. The van der Waals surface area contributed by atoms with Gasteiger partial charge in [-0.2, -0.15) is 0 Å². The second-order valence-electron chi connectivity index (χ2n) is 8.16. The first-order valence-electron chi connectivity index (χ1n) is 9.13. The summed E-state index contributed by atoms with van der Waals surface area (Å²) >= 11 is 0. The summed E-state index contributed by atoms with van der Waals surface area (Å²) in [6.45, 7) is 5.58. The molecule has 1 saturated heterocycles. The van der Waals surface area contributed by atoms with Gasteiger partial charge in [0.25, 0.3) is 0 Å². The van der Waals surface area contributed by atoms with Gasteiger partial charge in [-0.25, -0.2) is 0 Å². The summed E-state index contributed by atoms with van der Waals surface area (Å²) in [6.07, 6.45) is 12.4. The molecule has 1 N–H and O–H groups in total. The van der Waals surface area contributed by atoms with Crippen molar-refractivity contribution in [3.05, 3.63) is 0 Å². The molecule has 5 atom stereocenters. The summed E-state index contributed by atoms with van der Waals surface area (Å²) < 4.78 is 6.24. The largest absolute Gasteiger partial charge is 0.377 e. The van der Waals surface area contributed by atoms with Gasteiger partial charge in [-0.1, -0.05) is 13.3 Å². The lowest BCUT2D eigenvalue weighted by Crippen LogP contribution is -2.43. The Kier molecular flexibility index (Phi) is 3.58. The minimum absolute atomic E-state index is 0.478. The zero-order valence-electron chi connectivity index (χ0n) is 13.1. The number of hydrogen-bond donors (Lipinski definition) is 1. The molecule has 0 amide bonds. The lowest BCUT2D eigenvalue weighted by atomic mass is 9.69. The van der Waals surface area contributed by atoms with Gasteiger partial charge in [0, 0.05) is 18.6 Å². The predicted octanol–water partition coefficient (Wildman–Crippen LogP) is 3.61. The fourth-order valence-electron chi connectivity index (χ4n) is 5.75. The second-order valence-corrected chi connectivity index (χ2v) is 8.16. The van der Waals surface area contributed by atoms with Crippen molar-refractivity contribution in [3.8, 4) is 0 Å². The standard InChI is InChI=1S/C18H31NO/c1-2-19-12-18(7-8-20-17(18)14-5-6-14)11-16-10-13-3-4-15(16)9-13/h13-17,19H,2-12H2,1H3. The van der Waals surface area contributed by atoms with E-state index in [0.29, 0.717) is 11.5 Å². The third kappa shape index (κ3) is 2.33. The Bertz CT molecular complexity index is 353. The number of ether oxygens (including phenoxy) is 1. The molecule has 0 spiro atoms. The molecule has 0 radical (unpaired) electrons. The molecule has 5 unspecified atom stereocenters. The van der Waals surface area contributed by atoms with E-state index in [9.17, 15) is 0 Å². The average molecular weight is 277 g/mol. The lowest BCUT2D eigenvalue weighted by Gasteiger charge is -2.39.